The number of aliphatic hydroxyl groups is 5. The zero-order valence-electron chi connectivity index (χ0n) is 30.6. The van der Waals surface area contributed by atoms with Gasteiger partial charge in [-0.3, -0.25) is 9.59 Å². The third kappa shape index (κ3) is 21.5. The maximum Gasteiger partial charge on any atom is 0.220 e. The maximum absolute atomic E-state index is 12.7. The number of ketones is 1. The smallest absolute Gasteiger partial charge is 0.220 e. The number of hydrogen-bond donors (Lipinski definition) is 6. The van der Waals surface area contributed by atoms with Crippen LogP contribution in [0, 0.1) is 11.8 Å². The summed E-state index contributed by atoms with van der Waals surface area (Å²) >= 11 is 0. The molecule has 1 amide bonds. The fourth-order valence-corrected chi connectivity index (χ4v) is 6.76. The van der Waals surface area contributed by atoms with Crippen molar-refractivity contribution < 1.29 is 35.1 Å². The van der Waals surface area contributed by atoms with Crippen LogP contribution in [0.2, 0.25) is 0 Å². The summed E-state index contributed by atoms with van der Waals surface area (Å²) in [6.07, 6.45) is 27.3. The molecule has 1 saturated carbocycles. The Morgan fingerprint density at radius 3 is 1.90 bits per heavy atom. The molecular weight excluding hydrogens is 606 g/mol. The first-order valence-electron chi connectivity index (χ1n) is 19.7. The molecule has 0 spiro atoms. The SMILES string of the molecule is CCCCCCCCCCCCCCC/C=C/[C@@H](O)[C@H](CO)NC(=O)CCCCC(=O)C[C@@H]1[C@@H](/C=C/[C@@H](O)CCCCC)[C@H](O)C[C@@H]1O. The second-order valence-corrected chi connectivity index (χ2v) is 14.3. The summed E-state index contributed by atoms with van der Waals surface area (Å²) in [5, 5.41) is 54.0. The van der Waals surface area contributed by atoms with Crippen molar-refractivity contribution in [1.29, 1.82) is 0 Å². The van der Waals surface area contributed by atoms with Gasteiger partial charge in [-0.2, -0.15) is 0 Å². The molecule has 0 aromatic heterocycles. The van der Waals surface area contributed by atoms with E-state index in [1.807, 2.05) is 6.08 Å². The summed E-state index contributed by atoms with van der Waals surface area (Å²) in [6, 6.07) is -0.771. The Bertz CT molecular complexity index is 863. The van der Waals surface area contributed by atoms with Gasteiger partial charge in [0.15, 0.2) is 0 Å². The Morgan fingerprint density at radius 1 is 0.729 bits per heavy atom. The van der Waals surface area contributed by atoms with E-state index in [9.17, 15) is 35.1 Å². The van der Waals surface area contributed by atoms with Crippen molar-refractivity contribution >= 4 is 11.7 Å². The first kappa shape index (κ1) is 44.4. The number of allylic oxidation sites excluding steroid dienone is 1. The van der Waals surface area contributed by atoms with Crippen LogP contribution in [0.1, 0.15) is 168 Å². The van der Waals surface area contributed by atoms with Crippen LogP contribution in [-0.2, 0) is 9.59 Å². The van der Waals surface area contributed by atoms with E-state index in [1.165, 1.54) is 77.0 Å². The number of aliphatic hydroxyl groups excluding tert-OH is 5. The van der Waals surface area contributed by atoms with Crippen LogP contribution in [-0.4, -0.2) is 74.3 Å². The highest BCUT2D eigenvalue weighted by atomic mass is 16.3. The van der Waals surface area contributed by atoms with E-state index >= 15 is 0 Å². The van der Waals surface area contributed by atoms with Gasteiger partial charge in [0.05, 0.1) is 37.1 Å². The van der Waals surface area contributed by atoms with Crippen LogP contribution in [0.25, 0.3) is 0 Å². The van der Waals surface area contributed by atoms with Crippen LogP contribution < -0.4 is 5.32 Å². The predicted molar refractivity (Wildman–Crippen MR) is 195 cm³/mol. The topological polar surface area (TPSA) is 147 Å². The van der Waals surface area contributed by atoms with E-state index in [0.717, 1.165) is 32.1 Å². The fraction of sp³-hybridized carbons (Fsp3) is 0.850. The van der Waals surface area contributed by atoms with E-state index in [-0.39, 0.29) is 55.8 Å². The summed E-state index contributed by atoms with van der Waals surface area (Å²) in [4.78, 5) is 25.2. The van der Waals surface area contributed by atoms with Crippen molar-refractivity contribution in [2.75, 3.05) is 6.61 Å². The Hall–Kier alpha value is -1.58. The molecule has 1 rings (SSSR count). The van der Waals surface area contributed by atoms with Gasteiger partial charge in [0.25, 0.3) is 0 Å². The highest BCUT2D eigenvalue weighted by Crippen LogP contribution is 2.36. The standard InChI is InChI=1S/C40H73NO7/c1-3-5-7-8-9-10-11-12-13-14-15-16-17-18-20-25-37(45)36(31-42)41-40(48)26-22-21-24-33(44)29-35-34(38(46)30-39(35)47)28-27-32(43)23-19-6-4-2/h20,25,27-28,32,34-39,42-43,45-47H,3-19,21-24,26,29-31H2,1-2H3,(H,41,48)/b25-20+,28-27+/t32-,34+,35+,36-,37+,38+,39-/m0/s1. The van der Waals surface area contributed by atoms with Crippen molar-refractivity contribution in [2.24, 2.45) is 11.8 Å². The average molecular weight is 680 g/mol. The summed E-state index contributed by atoms with van der Waals surface area (Å²) < 4.78 is 0. The van der Waals surface area contributed by atoms with Crippen LogP contribution >= 0.6 is 0 Å². The van der Waals surface area contributed by atoms with Gasteiger partial charge in [-0.15, -0.1) is 0 Å². The lowest BCUT2D eigenvalue weighted by Crippen LogP contribution is -2.45. The second-order valence-electron chi connectivity index (χ2n) is 14.3. The average Bonchev–Trinajstić information content (AvgIpc) is 3.33. The molecule has 8 heteroatoms. The minimum atomic E-state index is -0.963. The molecule has 0 bridgehead atoms. The zero-order valence-corrected chi connectivity index (χ0v) is 30.6. The van der Waals surface area contributed by atoms with Crippen molar-refractivity contribution in [3.05, 3.63) is 24.3 Å². The Morgan fingerprint density at radius 2 is 1.29 bits per heavy atom. The molecule has 0 unspecified atom stereocenters. The number of carbonyl (C=O) groups excluding carboxylic acids is 2. The van der Waals surface area contributed by atoms with Gasteiger partial charge >= 0.3 is 0 Å². The predicted octanol–water partition coefficient (Wildman–Crippen LogP) is 7.24. The normalized spacial score (nSPS) is 21.6. The number of unbranched alkanes of at least 4 members (excludes halogenated alkanes) is 16. The Kier molecular flexibility index (Phi) is 27.0. The van der Waals surface area contributed by atoms with Gasteiger partial charge in [0.2, 0.25) is 5.91 Å². The van der Waals surface area contributed by atoms with E-state index in [0.29, 0.717) is 19.3 Å². The van der Waals surface area contributed by atoms with Crippen molar-refractivity contribution in [3.8, 4) is 0 Å². The molecular formula is C40H73NO7. The fourth-order valence-electron chi connectivity index (χ4n) is 6.76. The molecule has 8 nitrogen and oxygen atoms in total. The summed E-state index contributed by atoms with van der Waals surface area (Å²) in [7, 11) is 0. The van der Waals surface area contributed by atoms with E-state index in [2.05, 4.69) is 19.2 Å². The largest absolute Gasteiger partial charge is 0.394 e. The zero-order chi connectivity index (χ0) is 35.4. The molecule has 6 N–H and O–H groups in total. The molecule has 0 radical (unpaired) electrons. The van der Waals surface area contributed by atoms with Gasteiger partial charge in [0.1, 0.15) is 5.78 Å². The van der Waals surface area contributed by atoms with Gasteiger partial charge in [-0.05, 0) is 32.1 Å². The number of nitrogens with one attached hydrogen (secondary N) is 1. The molecule has 1 fully saturated rings. The van der Waals surface area contributed by atoms with E-state index in [4.69, 9.17) is 0 Å². The van der Waals surface area contributed by atoms with Gasteiger partial charge < -0.3 is 30.8 Å². The van der Waals surface area contributed by atoms with Crippen LogP contribution in [0.5, 0.6) is 0 Å². The lowest BCUT2D eigenvalue weighted by molar-refractivity contribution is -0.124. The van der Waals surface area contributed by atoms with Crippen LogP contribution in [0.3, 0.4) is 0 Å². The Labute approximate surface area is 292 Å². The summed E-state index contributed by atoms with van der Waals surface area (Å²) in [5.41, 5.74) is 0. The van der Waals surface area contributed by atoms with Gasteiger partial charge in [-0.25, -0.2) is 0 Å². The number of amides is 1. The Balaban J connectivity index is 2.21. The molecule has 0 heterocycles. The quantitative estimate of drug-likeness (QED) is 0.0335. The highest BCUT2D eigenvalue weighted by molar-refractivity contribution is 5.79. The van der Waals surface area contributed by atoms with Crippen molar-refractivity contribution in [2.45, 2.75) is 198 Å². The molecule has 1 aliphatic rings. The van der Waals surface area contributed by atoms with Gasteiger partial charge in [0, 0.05) is 37.5 Å². The molecule has 0 aromatic rings. The van der Waals surface area contributed by atoms with E-state index < -0.39 is 30.5 Å². The molecule has 0 aromatic carbocycles. The summed E-state index contributed by atoms with van der Waals surface area (Å²) in [5.74, 6) is -1.06. The minimum Gasteiger partial charge on any atom is -0.394 e. The molecule has 48 heavy (non-hydrogen) atoms. The monoisotopic (exact) mass is 680 g/mol. The number of carbonyl (C=O) groups is 2. The lowest BCUT2D eigenvalue weighted by atomic mass is 9.87. The van der Waals surface area contributed by atoms with Gasteiger partial charge in [-0.1, -0.05) is 134 Å². The third-order valence-electron chi connectivity index (χ3n) is 9.91. The summed E-state index contributed by atoms with van der Waals surface area (Å²) in [6.45, 7) is 4.00. The molecule has 1 aliphatic carbocycles. The maximum atomic E-state index is 12.7. The number of rotatable bonds is 31. The number of hydrogen-bond acceptors (Lipinski definition) is 7. The highest BCUT2D eigenvalue weighted by Gasteiger charge is 2.41. The van der Waals surface area contributed by atoms with Crippen LogP contribution in [0.4, 0.5) is 0 Å². The van der Waals surface area contributed by atoms with E-state index in [1.54, 1.807) is 18.2 Å². The van der Waals surface area contributed by atoms with Crippen molar-refractivity contribution in [1.82, 2.24) is 5.32 Å². The number of Topliss-reactive ketones (excluding diaryl/α,β-unsaturated/α-hetero) is 1. The molecule has 280 valence electrons. The minimum absolute atomic E-state index is 0.0206. The third-order valence-corrected chi connectivity index (χ3v) is 9.91. The molecule has 7 atom stereocenters. The molecule has 0 aliphatic heterocycles. The van der Waals surface area contributed by atoms with Crippen LogP contribution in [0.15, 0.2) is 24.3 Å². The first-order valence-corrected chi connectivity index (χ1v) is 19.7. The lowest BCUT2D eigenvalue weighted by Gasteiger charge is -2.21. The van der Waals surface area contributed by atoms with Crippen molar-refractivity contribution in [3.63, 3.8) is 0 Å². The molecule has 0 saturated heterocycles. The second kappa shape index (κ2) is 29.2. The first-order chi connectivity index (χ1) is 23.2.